The highest BCUT2D eigenvalue weighted by Crippen LogP contribution is 2.32. The maximum absolute atomic E-state index is 13.2. The molecule has 2 aromatic rings. The summed E-state index contributed by atoms with van der Waals surface area (Å²) >= 11 is 0. The fraction of sp³-hybridized carbons (Fsp3) is 0.455. The minimum atomic E-state index is -3.96. The number of hydrogen-bond donors (Lipinski definition) is 1. The van der Waals surface area contributed by atoms with Crippen molar-refractivity contribution >= 4 is 25.7 Å². The molecule has 0 amide bonds. The van der Waals surface area contributed by atoms with E-state index in [-0.39, 0.29) is 21.2 Å². The van der Waals surface area contributed by atoms with E-state index >= 15 is 0 Å². The largest absolute Gasteiger partial charge is 0.495 e. The second-order valence-electron chi connectivity index (χ2n) is 7.70. The number of anilines is 1. The summed E-state index contributed by atoms with van der Waals surface area (Å²) in [5.74, 6) is 0.724. The van der Waals surface area contributed by atoms with Crippen LogP contribution in [-0.4, -0.2) is 61.7 Å². The third-order valence-electron chi connectivity index (χ3n) is 5.35. The van der Waals surface area contributed by atoms with Crippen molar-refractivity contribution in [3.05, 3.63) is 42.0 Å². The minimum Gasteiger partial charge on any atom is -0.495 e. The van der Waals surface area contributed by atoms with Crippen LogP contribution in [0, 0.1) is 6.92 Å². The number of ether oxygens (including phenoxy) is 3. The molecule has 9 nitrogen and oxygen atoms in total. The maximum atomic E-state index is 13.2. The number of rotatable bonds is 10. The van der Waals surface area contributed by atoms with Gasteiger partial charge >= 0.3 is 0 Å². The summed E-state index contributed by atoms with van der Waals surface area (Å²) in [6.45, 7) is 3.37. The Labute approximate surface area is 195 Å². The molecule has 0 radical (unpaired) electrons. The molecule has 0 spiro atoms. The van der Waals surface area contributed by atoms with E-state index in [2.05, 4.69) is 4.72 Å². The van der Waals surface area contributed by atoms with Gasteiger partial charge in [0.25, 0.3) is 10.0 Å². The Bertz CT molecular complexity index is 1180. The van der Waals surface area contributed by atoms with E-state index in [1.807, 2.05) is 0 Å². The van der Waals surface area contributed by atoms with Gasteiger partial charge in [0, 0.05) is 20.2 Å². The SMILES string of the molecule is COCCOc1ccc(S(=O)(=O)Nc2ccc(OC)c(S(=O)(=O)N3CCCCC3)c2)cc1C. The zero-order valence-electron chi connectivity index (χ0n) is 19.0. The second kappa shape index (κ2) is 10.7. The Morgan fingerprint density at radius 3 is 2.24 bits per heavy atom. The summed E-state index contributed by atoms with van der Waals surface area (Å²) in [5, 5.41) is 0. The zero-order valence-corrected chi connectivity index (χ0v) is 20.7. The molecule has 1 heterocycles. The molecule has 1 saturated heterocycles. The van der Waals surface area contributed by atoms with Crippen LogP contribution in [0.4, 0.5) is 5.69 Å². The molecule has 33 heavy (non-hydrogen) atoms. The molecule has 0 aromatic heterocycles. The van der Waals surface area contributed by atoms with Crippen LogP contribution in [0.1, 0.15) is 24.8 Å². The van der Waals surface area contributed by atoms with Gasteiger partial charge in [-0.05, 0) is 61.7 Å². The van der Waals surface area contributed by atoms with Crippen LogP contribution in [-0.2, 0) is 24.8 Å². The highest BCUT2D eigenvalue weighted by atomic mass is 32.2. The van der Waals surface area contributed by atoms with Crippen LogP contribution < -0.4 is 14.2 Å². The maximum Gasteiger partial charge on any atom is 0.261 e. The molecule has 2 aromatic carbocycles. The van der Waals surface area contributed by atoms with Gasteiger partial charge in [-0.1, -0.05) is 6.42 Å². The molecule has 182 valence electrons. The lowest BCUT2D eigenvalue weighted by Gasteiger charge is -2.26. The Balaban J connectivity index is 1.87. The first kappa shape index (κ1) is 25.3. The number of piperidine rings is 1. The monoisotopic (exact) mass is 498 g/mol. The van der Waals surface area contributed by atoms with Gasteiger partial charge in [-0.2, -0.15) is 4.31 Å². The lowest BCUT2D eigenvalue weighted by Crippen LogP contribution is -2.35. The highest BCUT2D eigenvalue weighted by Gasteiger charge is 2.29. The first-order chi connectivity index (χ1) is 15.7. The van der Waals surface area contributed by atoms with Crippen molar-refractivity contribution in [2.45, 2.75) is 36.0 Å². The van der Waals surface area contributed by atoms with Crippen molar-refractivity contribution in [3.8, 4) is 11.5 Å². The summed E-state index contributed by atoms with van der Waals surface area (Å²) in [4.78, 5) is -0.0273. The Kier molecular flexibility index (Phi) is 8.22. The number of benzene rings is 2. The van der Waals surface area contributed by atoms with Crippen LogP contribution in [0.5, 0.6) is 11.5 Å². The van der Waals surface area contributed by atoms with E-state index in [9.17, 15) is 16.8 Å². The predicted octanol–water partition coefficient (Wildman–Crippen LogP) is 3.00. The van der Waals surface area contributed by atoms with Crippen LogP contribution in [0.2, 0.25) is 0 Å². The molecule has 1 aliphatic rings. The summed E-state index contributed by atoms with van der Waals surface area (Å²) in [5.41, 5.74) is 0.779. The van der Waals surface area contributed by atoms with Crippen LogP contribution in [0.15, 0.2) is 46.2 Å². The molecule has 1 aliphatic heterocycles. The smallest absolute Gasteiger partial charge is 0.261 e. The molecular weight excluding hydrogens is 468 g/mol. The highest BCUT2D eigenvalue weighted by molar-refractivity contribution is 7.92. The number of nitrogens with zero attached hydrogens (tertiary/aromatic N) is 1. The van der Waals surface area contributed by atoms with E-state index < -0.39 is 20.0 Å². The number of sulfonamides is 2. The number of hydrogen-bond acceptors (Lipinski definition) is 7. The summed E-state index contributed by atoms with van der Waals surface area (Å²) in [6, 6.07) is 8.74. The third-order valence-corrected chi connectivity index (χ3v) is 8.65. The normalized spacial score (nSPS) is 15.2. The van der Waals surface area contributed by atoms with Crippen molar-refractivity contribution in [1.29, 1.82) is 0 Å². The van der Waals surface area contributed by atoms with Crippen molar-refractivity contribution in [1.82, 2.24) is 4.31 Å². The lowest BCUT2D eigenvalue weighted by atomic mass is 10.2. The molecule has 0 bridgehead atoms. The Hall–Kier alpha value is -2.34. The van der Waals surface area contributed by atoms with Gasteiger partial charge < -0.3 is 14.2 Å². The van der Waals surface area contributed by atoms with Gasteiger partial charge in [0.2, 0.25) is 10.0 Å². The summed E-state index contributed by atoms with van der Waals surface area (Å²) < 4.78 is 72.0. The van der Waals surface area contributed by atoms with E-state index in [0.29, 0.717) is 37.6 Å². The molecule has 1 N–H and O–H groups in total. The van der Waals surface area contributed by atoms with Gasteiger partial charge in [0.05, 0.1) is 24.3 Å². The molecular formula is C22H30N2O7S2. The molecule has 0 saturated carbocycles. The standard InChI is InChI=1S/C22H30N2O7S2/c1-17-15-19(8-10-20(17)31-14-13-29-2)32(25,26)23-18-7-9-21(30-3)22(16-18)33(27,28)24-11-5-4-6-12-24/h7-10,15-16,23H,4-6,11-14H2,1-3H3. The van der Waals surface area contributed by atoms with Crippen molar-refractivity contribution in [2.24, 2.45) is 0 Å². The van der Waals surface area contributed by atoms with E-state index in [0.717, 1.165) is 19.3 Å². The van der Waals surface area contributed by atoms with Gasteiger partial charge in [0.1, 0.15) is 23.0 Å². The molecule has 0 unspecified atom stereocenters. The Morgan fingerprint density at radius 1 is 0.909 bits per heavy atom. The van der Waals surface area contributed by atoms with E-state index in [1.54, 1.807) is 20.1 Å². The summed E-state index contributed by atoms with van der Waals surface area (Å²) in [7, 11) is -4.84. The molecule has 1 fully saturated rings. The van der Waals surface area contributed by atoms with Crippen LogP contribution >= 0.6 is 0 Å². The van der Waals surface area contributed by atoms with Gasteiger partial charge in [0.15, 0.2) is 0 Å². The van der Waals surface area contributed by atoms with Crippen molar-refractivity contribution < 1.29 is 31.0 Å². The van der Waals surface area contributed by atoms with Gasteiger partial charge in [-0.3, -0.25) is 4.72 Å². The van der Waals surface area contributed by atoms with Gasteiger partial charge in [-0.25, -0.2) is 16.8 Å². The number of nitrogens with one attached hydrogen (secondary N) is 1. The van der Waals surface area contributed by atoms with Crippen LogP contribution in [0.25, 0.3) is 0 Å². The third kappa shape index (κ3) is 5.97. The number of methoxy groups -OCH3 is 2. The van der Waals surface area contributed by atoms with Crippen molar-refractivity contribution in [3.63, 3.8) is 0 Å². The molecule has 11 heteroatoms. The quantitative estimate of drug-likeness (QED) is 0.501. The molecule has 0 aliphatic carbocycles. The average molecular weight is 499 g/mol. The second-order valence-corrected chi connectivity index (χ2v) is 11.3. The van der Waals surface area contributed by atoms with Crippen LogP contribution in [0.3, 0.4) is 0 Å². The topological polar surface area (TPSA) is 111 Å². The predicted molar refractivity (Wildman–Crippen MR) is 125 cm³/mol. The molecule has 0 atom stereocenters. The minimum absolute atomic E-state index is 0.0374. The first-order valence-electron chi connectivity index (χ1n) is 10.6. The van der Waals surface area contributed by atoms with E-state index in [1.165, 1.54) is 41.7 Å². The zero-order chi connectivity index (χ0) is 24.1. The fourth-order valence-electron chi connectivity index (χ4n) is 3.59. The van der Waals surface area contributed by atoms with E-state index in [4.69, 9.17) is 14.2 Å². The summed E-state index contributed by atoms with van der Waals surface area (Å²) in [6.07, 6.45) is 2.56. The Morgan fingerprint density at radius 2 is 1.61 bits per heavy atom. The lowest BCUT2D eigenvalue weighted by molar-refractivity contribution is 0.146. The fourth-order valence-corrected chi connectivity index (χ4v) is 6.42. The van der Waals surface area contributed by atoms with Gasteiger partial charge in [-0.15, -0.1) is 0 Å². The average Bonchev–Trinajstić information content (AvgIpc) is 2.80. The van der Waals surface area contributed by atoms with Crippen molar-refractivity contribution in [2.75, 3.05) is 45.2 Å². The molecule has 3 rings (SSSR count). The first-order valence-corrected chi connectivity index (χ1v) is 13.5. The number of aryl methyl sites for hydroxylation is 1.